The van der Waals surface area contributed by atoms with Gasteiger partial charge in [-0.25, -0.2) is 0 Å². The van der Waals surface area contributed by atoms with Crippen molar-refractivity contribution < 1.29 is 4.92 Å². The van der Waals surface area contributed by atoms with Crippen molar-refractivity contribution in [3.8, 4) is 0 Å². The maximum atomic E-state index is 10.6. The number of non-ortho nitro benzene ring substituents is 1. The van der Waals surface area contributed by atoms with Crippen LogP contribution in [0, 0.1) is 10.1 Å². The molecule has 0 aliphatic heterocycles. The fourth-order valence-corrected chi connectivity index (χ4v) is 2.41. The molecule has 0 unspecified atom stereocenters. The van der Waals surface area contributed by atoms with E-state index in [1.165, 1.54) is 0 Å². The van der Waals surface area contributed by atoms with Gasteiger partial charge < -0.3 is 10.6 Å². The highest BCUT2D eigenvalue weighted by atomic mass is 16.6. The third-order valence-corrected chi connectivity index (χ3v) is 3.91. The Morgan fingerprint density at radius 2 is 2.00 bits per heavy atom. The molecule has 0 radical (unpaired) electrons. The molecule has 8 nitrogen and oxygen atoms in total. The van der Waals surface area contributed by atoms with Crippen molar-refractivity contribution in [3.63, 3.8) is 0 Å². The summed E-state index contributed by atoms with van der Waals surface area (Å²) in [6.07, 6.45) is 4.67. The van der Waals surface area contributed by atoms with Crippen LogP contribution in [0.1, 0.15) is 24.1 Å². The second-order valence-corrected chi connectivity index (χ2v) is 5.68. The Kier molecular flexibility index (Phi) is 6.94. The van der Waals surface area contributed by atoms with E-state index in [9.17, 15) is 10.1 Å². The second-order valence-electron chi connectivity index (χ2n) is 5.68. The summed E-state index contributed by atoms with van der Waals surface area (Å²) in [4.78, 5) is 14.4. The van der Waals surface area contributed by atoms with Gasteiger partial charge in [-0.1, -0.05) is 12.1 Å². The lowest BCUT2D eigenvalue weighted by Gasteiger charge is -2.12. The van der Waals surface area contributed by atoms with Gasteiger partial charge >= 0.3 is 0 Å². The third kappa shape index (κ3) is 5.91. The minimum atomic E-state index is -0.377. The van der Waals surface area contributed by atoms with Gasteiger partial charge in [0, 0.05) is 39.0 Å². The molecule has 8 heteroatoms. The summed E-state index contributed by atoms with van der Waals surface area (Å²) < 4.78 is 1.82. The zero-order valence-electron chi connectivity index (χ0n) is 14.6. The number of nitrogens with one attached hydrogen (secondary N) is 2. The zero-order valence-corrected chi connectivity index (χ0v) is 14.6. The normalized spacial score (nSPS) is 11.4. The molecule has 2 aromatic rings. The summed E-state index contributed by atoms with van der Waals surface area (Å²) in [6.45, 7) is 1.48. The number of nitrogens with zero attached hydrogens (tertiary/aromatic N) is 4. The topological polar surface area (TPSA) is 97.4 Å². The van der Waals surface area contributed by atoms with E-state index in [1.54, 1.807) is 25.4 Å². The molecule has 0 atom stereocenters. The van der Waals surface area contributed by atoms with Gasteiger partial charge in [0.1, 0.15) is 0 Å². The summed E-state index contributed by atoms with van der Waals surface area (Å²) in [7, 11) is 3.65. The van der Waals surface area contributed by atoms with E-state index < -0.39 is 0 Å². The van der Waals surface area contributed by atoms with E-state index in [0.717, 1.165) is 43.0 Å². The molecule has 0 bridgehead atoms. The molecule has 0 aliphatic rings. The number of nitro groups is 1. The molecule has 0 fully saturated rings. The van der Waals surface area contributed by atoms with Crippen molar-refractivity contribution >= 4 is 11.6 Å². The molecule has 25 heavy (non-hydrogen) atoms. The molecule has 0 amide bonds. The number of benzene rings is 1. The van der Waals surface area contributed by atoms with Gasteiger partial charge in [-0.15, -0.1) is 0 Å². The number of nitro benzene ring substituents is 1. The lowest BCUT2D eigenvalue weighted by atomic mass is 10.1. The summed E-state index contributed by atoms with van der Waals surface area (Å²) in [5.41, 5.74) is 2.33. The van der Waals surface area contributed by atoms with Crippen molar-refractivity contribution in [1.82, 2.24) is 20.4 Å². The molecule has 1 heterocycles. The van der Waals surface area contributed by atoms with Crippen molar-refractivity contribution in [2.45, 2.75) is 25.8 Å². The summed E-state index contributed by atoms with van der Waals surface area (Å²) >= 11 is 0. The predicted octanol–water partition coefficient (Wildman–Crippen LogP) is 2.02. The number of rotatable bonds is 8. The third-order valence-electron chi connectivity index (χ3n) is 3.91. The number of aliphatic imine (C=N–C) groups is 1. The minimum Gasteiger partial charge on any atom is -0.356 e. The molecule has 1 aromatic heterocycles. The van der Waals surface area contributed by atoms with Gasteiger partial charge in [0.25, 0.3) is 5.69 Å². The summed E-state index contributed by atoms with van der Waals surface area (Å²) in [6, 6.07) is 8.71. The van der Waals surface area contributed by atoms with Crippen LogP contribution in [0.5, 0.6) is 0 Å². The highest BCUT2D eigenvalue weighted by Gasteiger charge is 2.04. The van der Waals surface area contributed by atoms with Crippen LogP contribution in [0.4, 0.5) is 5.69 Å². The molecular weight excluding hydrogens is 320 g/mol. The highest BCUT2D eigenvalue weighted by molar-refractivity contribution is 5.79. The summed E-state index contributed by atoms with van der Waals surface area (Å²) in [5.74, 6) is 0.761. The Labute approximate surface area is 147 Å². The van der Waals surface area contributed by atoms with Crippen LogP contribution in [0.15, 0.2) is 41.5 Å². The van der Waals surface area contributed by atoms with Crippen LogP contribution in [0.2, 0.25) is 0 Å². The first-order chi connectivity index (χ1) is 12.1. The minimum absolute atomic E-state index is 0.133. The van der Waals surface area contributed by atoms with Crippen LogP contribution < -0.4 is 10.6 Å². The number of aromatic nitrogens is 2. The number of guanidine groups is 1. The first-order valence-corrected chi connectivity index (χ1v) is 8.25. The van der Waals surface area contributed by atoms with Crippen LogP contribution in [-0.2, 0) is 20.0 Å². The maximum absolute atomic E-state index is 10.6. The van der Waals surface area contributed by atoms with Gasteiger partial charge in [-0.05, 0) is 30.9 Å². The van der Waals surface area contributed by atoms with Crippen LogP contribution in [0.3, 0.4) is 0 Å². The maximum Gasteiger partial charge on any atom is 0.269 e. The molecule has 1 aromatic carbocycles. The largest absolute Gasteiger partial charge is 0.356 e. The number of aryl methyl sites for hydroxylation is 2. The molecule has 2 rings (SSSR count). The van der Waals surface area contributed by atoms with E-state index in [2.05, 4.69) is 20.7 Å². The van der Waals surface area contributed by atoms with Crippen LogP contribution >= 0.6 is 0 Å². The first kappa shape index (κ1) is 18.4. The van der Waals surface area contributed by atoms with E-state index >= 15 is 0 Å². The zero-order chi connectivity index (χ0) is 18.1. The molecule has 0 spiro atoms. The van der Waals surface area contributed by atoms with Gasteiger partial charge in [0.15, 0.2) is 5.96 Å². The standard InChI is InChI=1S/C17H24N6O2/c1-18-17(20-13-16-10-12-21-22(16)2)19-11-4-3-5-14-6-8-15(9-7-14)23(24)25/h6-10,12H,3-5,11,13H2,1-2H3,(H2,18,19,20). The number of hydrogen-bond acceptors (Lipinski definition) is 4. The lowest BCUT2D eigenvalue weighted by molar-refractivity contribution is -0.384. The quantitative estimate of drug-likeness (QED) is 0.251. The lowest BCUT2D eigenvalue weighted by Crippen LogP contribution is -2.37. The molecule has 0 saturated carbocycles. The van der Waals surface area contributed by atoms with Gasteiger partial charge in [0.2, 0.25) is 0 Å². The van der Waals surface area contributed by atoms with Crippen LogP contribution in [0.25, 0.3) is 0 Å². The van der Waals surface area contributed by atoms with Gasteiger partial charge in [0.05, 0.1) is 17.2 Å². The molecule has 134 valence electrons. The molecule has 2 N–H and O–H groups in total. The molecular formula is C17H24N6O2. The fraction of sp³-hybridized carbons (Fsp3) is 0.412. The molecule has 0 aliphatic carbocycles. The Balaban J connectivity index is 1.64. The Hall–Kier alpha value is -2.90. The van der Waals surface area contributed by atoms with E-state index in [0.29, 0.717) is 6.54 Å². The SMILES string of the molecule is CN=C(NCCCCc1ccc([N+](=O)[O-])cc1)NCc1ccnn1C. The fourth-order valence-electron chi connectivity index (χ4n) is 2.41. The van der Waals surface area contributed by atoms with E-state index in [1.807, 2.05) is 29.9 Å². The van der Waals surface area contributed by atoms with Crippen LogP contribution in [-0.4, -0.2) is 34.3 Å². The van der Waals surface area contributed by atoms with Crippen molar-refractivity contribution in [1.29, 1.82) is 0 Å². The Morgan fingerprint density at radius 1 is 1.24 bits per heavy atom. The van der Waals surface area contributed by atoms with Gasteiger partial charge in [-0.3, -0.25) is 19.8 Å². The Morgan fingerprint density at radius 3 is 2.60 bits per heavy atom. The Bertz CT molecular complexity index is 708. The predicted molar refractivity (Wildman–Crippen MR) is 97.4 cm³/mol. The first-order valence-electron chi connectivity index (χ1n) is 8.25. The average Bonchev–Trinajstić information content (AvgIpc) is 3.02. The van der Waals surface area contributed by atoms with E-state index in [4.69, 9.17) is 0 Å². The smallest absolute Gasteiger partial charge is 0.269 e. The summed E-state index contributed by atoms with van der Waals surface area (Å²) in [5, 5.41) is 21.3. The number of unbranched alkanes of at least 4 members (excludes halogenated alkanes) is 1. The van der Waals surface area contributed by atoms with Crippen molar-refractivity contribution in [3.05, 3.63) is 57.9 Å². The van der Waals surface area contributed by atoms with E-state index in [-0.39, 0.29) is 10.6 Å². The molecule has 0 saturated heterocycles. The monoisotopic (exact) mass is 344 g/mol. The number of hydrogen-bond donors (Lipinski definition) is 2. The van der Waals surface area contributed by atoms with Crippen molar-refractivity contribution in [2.24, 2.45) is 12.0 Å². The second kappa shape index (κ2) is 9.41. The van der Waals surface area contributed by atoms with Gasteiger partial charge in [-0.2, -0.15) is 5.10 Å². The van der Waals surface area contributed by atoms with Crippen molar-refractivity contribution in [2.75, 3.05) is 13.6 Å². The highest BCUT2D eigenvalue weighted by Crippen LogP contribution is 2.13. The average molecular weight is 344 g/mol.